The van der Waals surface area contributed by atoms with Crippen LogP contribution in [0.5, 0.6) is 5.75 Å². The molecule has 2 aromatic heterocycles. The minimum Gasteiger partial charge on any atom is -0.489 e. The van der Waals surface area contributed by atoms with E-state index in [1.807, 2.05) is 19.9 Å². The summed E-state index contributed by atoms with van der Waals surface area (Å²) in [6.45, 7) is 4.02. The van der Waals surface area contributed by atoms with Crippen molar-refractivity contribution < 1.29 is 28.7 Å². The number of carbonyl (C=O) groups is 2. The maximum Gasteiger partial charge on any atom is 0.270 e. The summed E-state index contributed by atoms with van der Waals surface area (Å²) in [5, 5.41) is 16.8. The fourth-order valence-corrected chi connectivity index (χ4v) is 4.13. The first kappa shape index (κ1) is 24.5. The van der Waals surface area contributed by atoms with Crippen molar-refractivity contribution in [1.29, 1.82) is 0 Å². The summed E-state index contributed by atoms with van der Waals surface area (Å²) in [5.74, 6) is 6.12. The van der Waals surface area contributed by atoms with Crippen LogP contribution in [0.4, 0.5) is 5.69 Å². The summed E-state index contributed by atoms with van der Waals surface area (Å²) in [6.07, 6.45) is 2.10. The Morgan fingerprint density at radius 2 is 2.08 bits per heavy atom. The Bertz CT molecular complexity index is 1410. The molecule has 2 aliphatic heterocycles. The monoisotopic (exact) mass is 502 g/mol. The standard InChI is InChI=1S/C27H26N4O6/c1-16-20(17(2)37-30-16)10-19-7-9-28-21(11-19)25(32)29-22-13-36-24-5-4-18(6-8-27(34)14-35-15-27)12-23(24)31(3)26(22)33/h4-5,7,9,11-12,22,34H,10,13-15H2,1-3H3,(H,29,32). The van der Waals surface area contributed by atoms with E-state index < -0.39 is 17.6 Å². The summed E-state index contributed by atoms with van der Waals surface area (Å²) in [6, 6.07) is 7.78. The highest BCUT2D eigenvalue weighted by Gasteiger charge is 2.34. The molecule has 10 nitrogen and oxygen atoms in total. The van der Waals surface area contributed by atoms with E-state index >= 15 is 0 Å². The van der Waals surface area contributed by atoms with Crippen LogP contribution in [0.25, 0.3) is 0 Å². The van der Waals surface area contributed by atoms with Gasteiger partial charge in [-0.1, -0.05) is 17.0 Å². The number of hydrogen-bond acceptors (Lipinski definition) is 8. The fraction of sp³-hybridized carbons (Fsp3) is 0.333. The zero-order chi connectivity index (χ0) is 26.2. The lowest BCUT2D eigenvalue weighted by molar-refractivity contribution is -0.140. The lowest BCUT2D eigenvalue weighted by Crippen LogP contribution is -2.49. The Balaban J connectivity index is 1.29. The van der Waals surface area contributed by atoms with Gasteiger partial charge in [-0.15, -0.1) is 0 Å². The molecule has 1 unspecified atom stereocenters. The quantitative estimate of drug-likeness (QED) is 0.515. The molecule has 1 aromatic carbocycles. The van der Waals surface area contributed by atoms with E-state index in [0.29, 0.717) is 23.4 Å². The van der Waals surface area contributed by atoms with Crippen molar-refractivity contribution in [1.82, 2.24) is 15.5 Å². The molecule has 0 bridgehead atoms. The van der Waals surface area contributed by atoms with Crippen LogP contribution >= 0.6 is 0 Å². The van der Waals surface area contributed by atoms with Gasteiger partial charge in [0.05, 0.1) is 24.6 Å². The van der Waals surface area contributed by atoms with Gasteiger partial charge in [-0.25, -0.2) is 0 Å². The zero-order valence-electron chi connectivity index (χ0n) is 20.7. The number of ether oxygens (including phenoxy) is 2. The molecule has 1 atom stereocenters. The van der Waals surface area contributed by atoms with Gasteiger partial charge in [0.15, 0.2) is 5.60 Å². The van der Waals surface area contributed by atoms with E-state index in [1.165, 1.54) is 4.90 Å². The van der Waals surface area contributed by atoms with E-state index in [2.05, 4.69) is 27.3 Å². The number of benzene rings is 1. The van der Waals surface area contributed by atoms with Gasteiger partial charge in [0, 0.05) is 30.8 Å². The molecule has 2 aliphatic rings. The van der Waals surface area contributed by atoms with Gasteiger partial charge in [-0.05, 0) is 49.7 Å². The number of nitrogens with zero attached hydrogens (tertiary/aromatic N) is 3. The summed E-state index contributed by atoms with van der Waals surface area (Å²) >= 11 is 0. The second-order valence-electron chi connectivity index (χ2n) is 9.22. The largest absolute Gasteiger partial charge is 0.489 e. The topological polar surface area (TPSA) is 127 Å². The first-order chi connectivity index (χ1) is 17.7. The van der Waals surface area contributed by atoms with Gasteiger partial charge in [0.25, 0.3) is 11.8 Å². The normalized spacial score (nSPS) is 18.0. The summed E-state index contributed by atoms with van der Waals surface area (Å²) < 4.78 is 16.1. The van der Waals surface area contributed by atoms with Crippen LogP contribution < -0.4 is 15.0 Å². The van der Waals surface area contributed by atoms with Gasteiger partial charge >= 0.3 is 0 Å². The minimum atomic E-state index is -1.14. The molecule has 1 saturated heterocycles. The smallest absolute Gasteiger partial charge is 0.270 e. The Hall–Kier alpha value is -4.20. The number of nitrogens with one attached hydrogen (secondary N) is 1. The lowest BCUT2D eigenvalue weighted by Gasteiger charge is -2.30. The van der Waals surface area contributed by atoms with Gasteiger partial charge in [0.2, 0.25) is 0 Å². The van der Waals surface area contributed by atoms with Gasteiger partial charge in [0.1, 0.15) is 29.9 Å². The third-order valence-corrected chi connectivity index (χ3v) is 6.40. The predicted octanol–water partition coefficient (Wildman–Crippen LogP) is 1.54. The first-order valence-corrected chi connectivity index (χ1v) is 11.8. The van der Waals surface area contributed by atoms with Crippen molar-refractivity contribution in [2.45, 2.75) is 31.9 Å². The molecule has 10 heteroatoms. The molecule has 190 valence electrons. The molecular formula is C27H26N4O6. The van der Waals surface area contributed by atoms with E-state index in [1.54, 1.807) is 37.5 Å². The Kier molecular flexibility index (Phi) is 6.41. The second kappa shape index (κ2) is 9.69. The fourth-order valence-electron chi connectivity index (χ4n) is 4.13. The second-order valence-corrected chi connectivity index (χ2v) is 9.22. The molecule has 37 heavy (non-hydrogen) atoms. The van der Waals surface area contributed by atoms with E-state index in [4.69, 9.17) is 14.0 Å². The lowest BCUT2D eigenvalue weighted by atomic mass is 10.0. The minimum absolute atomic E-state index is 0.0389. The molecule has 2 amide bonds. The highest BCUT2D eigenvalue weighted by Crippen LogP contribution is 2.31. The van der Waals surface area contributed by atoms with Crippen LogP contribution in [0, 0.1) is 25.7 Å². The molecule has 4 heterocycles. The predicted molar refractivity (Wildman–Crippen MR) is 132 cm³/mol. The Morgan fingerprint density at radius 3 is 2.78 bits per heavy atom. The molecule has 0 saturated carbocycles. The number of aliphatic hydroxyl groups is 1. The number of carbonyl (C=O) groups excluding carboxylic acids is 2. The van der Waals surface area contributed by atoms with Crippen molar-refractivity contribution in [2.24, 2.45) is 0 Å². The number of hydrogen-bond donors (Lipinski definition) is 2. The van der Waals surface area contributed by atoms with Crippen LogP contribution in [0.2, 0.25) is 0 Å². The molecule has 2 N–H and O–H groups in total. The number of aromatic nitrogens is 2. The van der Waals surface area contributed by atoms with Crippen LogP contribution in [-0.2, 0) is 16.0 Å². The molecular weight excluding hydrogens is 476 g/mol. The van der Waals surface area contributed by atoms with Crippen LogP contribution in [0.1, 0.15) is 38.6 Å². The number of likely N-dealkylation sites (N-methyl/N-ethyl adjacent to an activating group) is 1. The Morgan fingerprint density at radius 1 is 1.27 bits per heavy atom. The van der Waals surface area contributed by atoms with Crippen molar-refractivity contribution in [3.05, 3.63) is 70.4 Å². The SMILES string of the molecule is Cc1noc(C)c1Cc1ccnc(C(=O)NC2COc3ccc(C#CC4(O)COC4)cc3N(C)C2=O)c1. The molecule has 0 aliphatic carbocycles. The van der Waals surface area contributed by atoms with E-state index in [9.17, 15) is 14.7 Å². The van der Waals surface area contributed by atoms with Crippen molar-refractivity contribution in [3.8, 4) is 17.6 Å². The average molecular weight is 503 g/mol. The van der Waals surface area contributed by atoms with Crippen molar-refractivity contribution >= 4 is 17.5 Å². The summed E-state index contributed by atoms with van der Waals surface area (Å²) in [4.78, 5) is 31.9. The maximum absolute atomic E-state index is 13.2. The first-order valence-electron chi connectivity index (χ1n) is 11.8. The number of anilines is 1. The highest BCUT2D eigenvalue weighted by molar-refractivity contribution is 6.03. The van der Waals surface area contributed by atoms with Crippen molar-refractivity contribution in [3.63, 3.8) is 0 Å². The number of rotatable bonds is 4. The molecule has 1 fully saturated rings. The van der Waals surface area contributed by atoms with Crippen LogP contribution in [0.3, 0.4) is 0 Å². The van der Waals surface area contributed by atoms with Gasteiger partial charge in [-0.3, -0.25) is 14.6 Å². The zero-order valence-corrected chi connectivity index (χ0v) is 20.7. The molecule has 5 rings (SSSR count). The van der Waals surface area contributed by atoms with Crippen LogP contribution in [0.15, 0.2) is 41.1 Å². The van der Waals surface area contributed by atoms with E-state index in [0.717, 1.165) is 22.6 Å². The number of amides is 2. The third kappa shape index (κ3) is 5.05. The Labute approximate surface area is 213 Å². The summed E-state index contributed by atoms with van der Waals surface area (Å²) in [7, 11) is 1.61. The molecule has 3 aromatic rings. The average Bonchev–Trinajstić information content (AvgIpc) is 3.14. The third-order valence-electron chi connectivity index (χ3n) is 6.40. The highest BCUT2D eigenvalue weighted by atomic mass is 16.5. The van der Waals surface area contributed by atoms with E-state index in [-0.39, 0.29) is 31.4 Å². The van der Waals surface area contributed by atoms with Crippen molar-refractivity contribution in [2.75, 3.05) is 31.8 Å². The van der Waals surface area contributed by atoms with Crippen LogP contribution in [-0.4, -0.2) is 65.6 Å². The number of aryl methyl sites for hydroxylation is 2. The molecule has 0 radical (unpaired) electrons. The maximum atomic E-state index is 13.2. The number of pyridine rings is 1. The summed E-state index contributed by atoms with van der Waals surface area (Å²) in [5.41, 5.74) is 2.81. The number of fused-ring (bicyclic) bond motifs is 1. The van der Waals surface area contributed by atoms with Gasteiger partial charge in [-0.2, -0.15) is 0 Å². The molecule has 0 spiro atoms. The van der Waals surface area contributed by atoms with Gasteiger partial charge < -0.3 is 29.3 Å².